The van der Waals surface area contributed by atoms with Crippen LogP contribution in [-0.2, 0) is 0 Å². The van der Waals surface area contributed by atoms with Gasteiger partial charge in [0.1, 0.15) is 11.4 Å². The molecule has 0 spiro atoms. The largest absolute Gasteiger partial charge is 0.229 e. The van der Waals surface area contributed by atoms with E-state index in [1.165, 1.54) is 0 Å². The smallest absolute Gasteiger partial charge is 0.167 e. The molecule has 0 bridgehead atoms. The van der Waals surface area contributed by atoms with Crippen molar-refractivity contribution in [3.8, 4) is 5.69 Å². The van der Waals surface area contributed by atoms with Crippen LogP contribution in [0.15, 0.2) is 47.9 Å². The Kier molecular flexibility index (Phi) is 4.41. The van der Waals surface area contributed by atoms with Crippen LogP contribution >= 0.6 is 23.4 Å². The molecule has 2 heterocycles. The molecule has 2 aromatic heterocycles. The van der Waals surface area contributed by atoms with Gasteiger partial charge < -0.3 is 0 Å². The van der Waals surface area contributed by atoms with Crippen LogP contribution in [0.5, 0.6) is 0 Å². The summed E-state index contributed by atoms with van der Waals surface area (Å²) in [5.74, 6) is 0.658. The number of benzene rings is 1. The van der Waals surface area contributed by atoms with Crippen molar-refractivity contribution in [1.82, 2.24) is 19.7 Å². The van der Waals surface area contributed by atoms with Crippen LogP contribution < -0.4 is 0 Å². The number of alkyl halides is 1. The van der Waals surface area contributed by atoms with Crippen LogP contribution in [0.25, 0.3) is 16.7 Å². The minimum atomic E-state index is 0.417. The zero-order chi connectivity index (χ0) is 14.7. The van der Waals surface area contributed by atoms with Crippen LogP contribution in [0.3, 0.4) is 0 Å². The molecule has 0 fully saturated rings. The van der Waals surface area contributed by atoms with E-state index in [1.807, 2.05) is 41.2 Å². The van der Waals surface area contributed by atoms with Crippen LogP contribution in [0, 0.1) is 0 Å². The fourth-order valence-corrected chi connectivity index (χ4v) is 3.53. The number of aromatic nitrogens is 4. The quantitative estimate of drug-likeness (QED) is 0.406. The molecule has 0 aliphatic rings. The minimum absolute atomic E-state index is 0.417. The first kappa shape index (κ1) is 14.4. The zero-order valence-electron chi connectivity index (χ0n) is 11.6. The molecule has 3 rings (SSSR count). The van der Waals surface area contributed by atoms with Crippen molar-refractivity contribution >= 4 is 34.4 Å². The maximum atomic E-state index is 5.80. The van der Waals surface area contributed by atoms with Crippen LogP contribution in [0.1, 0.15) is 13.3 Å². The van der Waals surface area contributed by atoms with E-state index >= 15 is 0 Å². The van der Waals surface area contributed by atoms with Crippen LogP contribution in [0.2, 0.25) is 0 Å². The van der Waals surface area contributed by atoms with Gasteiger partial charge in [0.25, 0.3) is 0 Å². The van der Waals surface area contributed by atoms with E-state index in [0.717, 1.165) is 28.2 Å². The van der Waals surface area contributed by atoms with Gasteiger partial charge in [0.15, 0.2) is 5.65 Å². The monoisotopic (exact) mass is 318 g/mol. The lowest BCUT2D eigenvalue weighted by Gasteiger charge is -2.08. The van der Waals surface area contributed by atoms with Crippen molar-refractivity contribution in [3.63, 3.8) is 0 Å². The lowest BCUT2D eigenvalue weighted by molar-refractivity contribution is 0.892. The molecule has 1 atom stereocenters. The molecule has 0 saturated carbocycles. The highest BCUT2D eigenvalue weighted by atomic mass is 35.5. The molecule has 0 aliphatic carbocycles. The first-order chi connectivity index (χ1) is 10.3. The van der Waals surface area contributed by atoms with Crippen molar-refractivity contribution in [1.29, 1.82) is 0 Å². The molecule has 4 nitrogen and oxygen atoms in total. The van der Waals surface area contributed by atoms with Crippen LogP contribution in [0.4, 0.5) is 0 Å². The molecule has 0 amide bonds. The van der Waals surface area contributed by atoms with E-state index in [4.69, 9.17) is 11.6 Å². The van der Waals surface area contributed by atoms with Gasteiger partial charge in [-0.3, -0.25) is 0 Å². The lowest BCUT2D eigenvalue weighted by atomic mass is 10.3. The van der Waals surface area contributed by atoms with Crippen molar-refractivity contribution in [2.45, 2.75) is 23.6 Å². The number of halogens is 1. The van der Waals surface area contributed by atoms with Crippen molar-refractivity contribution < 1.29 is 0 Å². The number of hydrogen-bond donors (Lipinski definition) is 0. The summed E-state index contributed by atoms with van der Waals surface area (Å²) in [4.78, 5) is 8.77. The second-order valence-corrected chi connectivity index (χ2v) is 6.52. The standard InChI is InChI=1S/C15H15ClN4S/c1-11(7-8-16)21-15-13-9-19-20(14(13)17-10-18-15)12-5-3-2-4-6-12/h2-6,9-11H,7-8H2,1H3. The third-order valence-electron chi connectivity index (χ3n) is 3.16. The molecular formula is C15H15ClN4S. The summed E-state index contributed by atoms with van der Waals surface area (Å²) >= 11 is 7.52. The van der Waals surface area contributed by atoms with E-state index in [-0.39, 0.29) is 0 Å². The Morgan fingerprint density at radius 2 is 2.05 bits per heavy atom. The Morgan fingerprint density at radius 3 is 2.81 bits per heavy atom. The normalized spacial score (nSPS) is 12.7. The Balaban J connectivity index is 2.00. The number of hydrogen-bond acceptors (Lipinski definition) is 4. The van der Waals surface area contributed by atoms with Gasteiger partial charge in [-0.2, -0.15) is 5.10 Å². The first-order valence-electron chi connectivity index (χ1n) is 6.76. The summed E-state index contributed by atoms with van der Waals surface area (Å²) < 4.78 is 1.84. The van der Waals surface area contributed by atoms with Gasteiger partial charge >= 0.3 is 0 Å². The molecule has 0 saturated heterocycles. The van der Waals surface area contributed by atoms with Crippen molar-refractivity contribution in [2.75, 3.05) is 5.88 Å². The molecule has 108 valence electrons. The highest BCUT2D eigenvalue weighted by Gasteiger charge is 2.13. The third-order valence-corrected chi connectivity index (χ3v) is 4.56. The summed E-state index contributed by atoms with van der Waals surface area (Å²) in [5.41, 5.74) is 1.83. The molecule has 1 unspecified atom stereocenters. The molecule has 0 radical (unpaired) electrons. The number of fused-ring (bicyclic) bond motifs is 1. The summed E-state index contributed by atoms with van der Waals surface area (Å²) in [6.45, 7) is 2.16. The number of rotatable bonds is 5. The lowest BCUT2D eigenvalue weighted by Crippen LogP contribution is -2.00. The number of thioether (sulfide) groups is 1. The molecular weight excluding hydrogens is 304 g/mol. The van der Waals surface area contributed by atoms with Gasteiger partial charge in [-0.25, -0.2) is 14.6 Å². The van der Waals surface area contributed by atoms with Gasteiger partial charge in [-0.15, -0.1) is 23.4 Å². The highest BCUT2D eigenvalue weighted by Crippen LogP contribution is 2.29. The van der Waals surface area contributed by atoms with E-state index in [0.29, 0.717) is 11.1 Å². The molecule has 0 N–H and O–H groups in total. The SMILES string of the molecule is CC(CCCl)Sc1ncnc2c1cnn2-c1ccccc1. The molecule has 0 aliphatic heterocycles. The van der Waals surface area contributed by atoms with Gasteiger partial charge in [0.05, 0.1) is 17.3 Å². The Labute approximate surface area is 132 Å². The zero-order valence-corrected chi connectivity index (χ0v) is 13.2. The first-order valence-corrected chi connectivity index (χ1v) is 8.18. The summed E-state index contributed by atoms with van der Waals surface area (Å²) in [5, 5.41) is 6.81. The fourth-order valence-electron chi connectivity index (χ4n) is 2.08. The second kappa shape index (κ2) is 6.45. The summed E-state index contributed by atoms with van der Waals surface area (Å²) in [7, 11) is 0. The average molecular weight is 319 g/mol. The highest BCUT2D eigenvalue weighted by molar-refractivity contribution is 8.00. The number of nitrogens with zero attached hydrogens (tertiary/aromatic N) is 4. The Morgan fingerprint density at radius 1 is 1.24 bits per heavy atom. The molecule has 21 heavy (non-hydrogen) atoms. The predicted molar refractivity (Wildman–Crippen MR) is 87.3 cm³/mol. The maximum Gasteiger partial charge on any atom is 0.167 e. The predicted octanol–water partition coefficient (Wildman–Crippen LogP) is 3.93. The summed E-state index contributed by atoms with van der Waals surface area (Å²) in [6, 6.07) is 9.98. The van der Waals surface area contributed by atoms with Gasteiger partial charge in [0.2, 0.25) is 0 Å². The van der Waals surface area contributed by atoms with E-state index in [9.17, 15) is 0 Å². The van der Waals surface area contributed by atoms with Crippen LogP contribution in [-0.4, -0.2) is 30.9 Å². The third kappa shape index (κ3) is 3.04. The van der Waals surface area contributed by atoms with Crippen molar-refractivity contribution in [2.24, 2.45) is 0 Å². The molecule has 6 heteroatoms. The Bertz CT molecular complexity index is 729. The molecule has 3 aromatic rings. The van der Waals surface area contributed by atoms with E-state index in [1.54, 1.807) is 18.1 Å². The van der Waals surface area contributed by atoms with Gasteiger partial charge in [-0.05, 0) is 18.6 Å². The number of para-hydroxylation sites is 1. The van der Waals surface area contributed by atoms with Crippen molar-refractivity contribution in [3.05, 3.63) is 42.9 Å². The topological polar surface area (TPSA) is 43.6 Å². The molecule has 1 aromatic carbocycles. The van der Waals surface area contributed by atoms with Gasteiger partial charge in [-0.1, -0.05) is 25.1 Å². The fraction of sp³-hybridized carbons (Fsp3) is 0.267. The summed E-state index contributed by atoms with van der Waals surface area (Å²) in [6.07, 6.45) is 4.38. The maximum absolute atomic E-state index is 5.80. The van der Waals surface area contributed by atoms with E-state index in [2.05, 4.69) is 22.0 Å². The van der Waals surface area contributed by atoms with E-state index < -0.39 is 0 Å². The van der Waals surface area contributed by atoms with Gasteiger partial charge in [0, 0.05) is 11.1 Å². The Hall–Kier alpha value is -1.59. The average Bonchev–Trinajstić information content (AvgIpc) is 2.93. The minimum Gasteiger partial charge on any atom is -0.229 e. The second-order valence-electron chi connectivity index (χ2n) is 4.71.